The molecule has 0 saturated carbocycles. The van der Waals surface area contributed by atoms with Crippen molar-refractivity contribution in [1.29, 1.82) is 0 Å². The van der Waals surface area contributed by atoms with Gasteiger partial charge in [-0.2, -0.15) is 0 Å². The minimum Gasteiger partial charge on any atom is -0.469 e. The maximum absolute atomic E-state index is 10.9. The van der Waals surface area contributed by atoms with Gasteiger partial charge in [0, 0.05) is 19.3 Å². The zero-order chi connectivity index (χ0) is 18.0. The lowest BCUT2D eigenvalue weighted by atomic mass is 10.1. The van der Waals surface area contributed by atoms with Crippen LogP contribution in [0.4, 0.5) is 0 Å². The number of aliphatic hydroxyl groups is 1. The van der Waals surface area contributed by atoms with E-state index in [1.54, 1.807) is 11.1 Å². The topological polar surface area (TPSA) is 46.5 Å². The number of aliphatic hydroxyl groups excluding tert-OH is 1. The zero-order valence-electron chi connectivity index (χ0n) is 13.8. The van der Waals surface area contributed by atoms with Gasteiger partial charge in [0.15, 0.2) is 0 Å². The molecule has 0 aromatic carbocycles. The number of ether oxygens (including phenoxy) is 1. The highest BCUT2D eigenvalue weighted by Crippen LogP contribution is 2.14. The molecule has 24 heavy (non-hydrogen) atoms. The summed E-state index contributed by atoms with van der Waals surface area (Å²) in [6.45, 7) is 0. The molecule has 1 N–H and O–H groups in total. The predicted octanol–water partition coefficient (Wildman–Crippen LogP) is 3.93. The van der Waals surface area contributed by atoms with Gasteiger partial charge in [0.1, 0.15) is 6.10 Å². The molecule has 2 unspecified atom stereocenters. The van der Waals surface area contributed by atoms with Crippen molar-refractivity contribution < 1.29 is 14.6 Å². The molecule has 0 bridgehead atoms. The second-order valence-electron chi connectivity index (χ2n) is 4.82. The second kappa shape index (κ2) is 16.7. The molecule has 0 aromatic rings. The number of esters is 1. The highest BCUT2D eigenvalue weighted by Gasteiger charge is 2.12. The number of carbonyl (C=O) groups is 1. The smallest absolute Gasteiger partial charge is 0.305 e. The molecule has 0 radical (unpaired) electrons. The molecule has 0 heterocycles. The highest BCUT2D eigenvalue weighted by atomic mass is 79.9. The molecule has 0 spiro atoms. The molecule has 0 rings (SSSR count). The monoisotopic (exact) mass is 456 g/mol. The van der Waals surface area contributed by atoms with Gasteiger partial charge in [0.2, 0.25) is 0 Å². The number of methoxy groups -OCH3 is 1. The molecule has 3 nitrogen and oxygen atoms in total. The van der Waals surface area contributed by atoms with Crippen LogP contribution in [0.3, 0.4) is 0 Å². The largest absolute Gasteiger partial charge is 0.469 e. The SMILES string of the molecule is COC(=O)CCCC#CC#CCCCCC(Br)C(O)C#CC=CBr. The number of carbonyl (C=O) groups excluding carboxylic acids is 1. The Morgan fingerprint density at radius 2 is 1.88 bits per heavy atom. The van der Waals surface area contributed by atoms with E-state index < -0.39 is 6.10 Å². The Bertz CT molecular complexity index is 565. The standard InChI is InChI=1S/C19H22Br2O3/c1-24-19(23)15-10-8-6-4-2-3-5-7-9-13-17(21)18(22)14-11-12-16-20/h12,16-18,22H,5,7-10,13,15H2,1H3. The summed E-state index contributed by atoms with van der Waals surface area (Å²) in [5, 5.41) is 9.79. The molecule has 0 aliphatic heterocycles. The molecule has 0 aliphatic rings. The third-order valence-corrected chi connectivity index (χ3v) is 4.12. The first kappa shape index (κ1) is 22.8. The molecular weight excluding hydrogens is 436 g/mol. The van der Waals surface area contributed by atoms with Crippen molar-refractivity contribution in [2.24, 2.45) is 0 Å². The number of rotatable bonds is 8. The quantitative estimate of drug-likeness (QED) is 0.260. The number of alkyl halides is 1. The number of unbranched alkanes of at least 4 members (excludes halogenated alkanes) is 3. The third-order valence-electron chi connectivity index (χ3n) is 2.90. The summed E-state index contributed by atoms with van der Waals surface area (Å²) in [6.07, 6.45) is 6.26. The van der Waals surface area contributed by atoms with E-state index in [2.05, 4.69) is 72.1 Å². The minimum absolute atomic E-state index is 0.0312. The zero-order valence-corrected chi connectivity index (χ0v) is 17.0. The van der Waals surface area contributed by atoms with Crippen LogP contribution in [0.15, 0.2) is 11.1 Å². The molecule has 0 aliphatic carbocycles. The molecule has 0 amide bonds. The Labute approximate surface area is 161 Å². The van der Waals surface area contributed by atoms with Crippen molar-refractivity contribution in [3.63, 3.8) is 0 Å². The van der Waals surface area contributed by atoms with Gasteiger partial charge < -0.3 is 9.84 Å². The van der Waals surface area contributed by atoms with Crippen LogP contribution in [0.25, 0.3) is 0 Å². The van der Waals surface area contributed by atoms with E-state index in [0.717, 1.165) is 25.7 Å². The van der Waals surface area contributed by atoms with E-state index >= 15 is 0 Å². The summed E-state index contributed by atoms with van der Waals surface area (Å²) in [4.78, 5) is 12.5. The van der Waals surface area contributed by atoms with Gasteiger partial charge in [-0.3, -0.25) is 4.79 Å². The third kappa shape index (κ3) is 14.4. The lowest BCUT2D eigenvalue weighted by Crippen LogP contribution is -2.17. The van der Waals surface area contributed by atoms with Crippen molar-refractivity contribution in [1.82, 2.24) is 0 Å². The van der Waals surface area contributed by atoms with Gasteiger partial charge in [-0.05, 0) is 42.2 Å². The van der Waals surface area contributed by atoms with Gasteiger partial charge in [-0.15, -0.1) is 0 Å². The van der Waals surface area contributed by atoms with Crippen molar-refractivity contribution >= 4 is 37.8 Å². The van der Waals surface area contributed by atoms with E-state index in [0.29, 0.717) is 19.3 Å². The van der Waals surface area contributed by atoms with Crippen LogP contribution in [-0.2, 0) is 9.53 Å². The Balaban J connectivity index is 3.74. The van der Waals surface area contributed by atoms with Gasteiger partial charge in [-0.25, -0.2) is 0 Å². The average molecular weight is 458 g/mol. The predicted molar refractivity (Wildman–Crippen MR) is 104 cm³/mol. The van der Waals surface area contributed by atoms with Crippen molar-refractivity contribution in [2.45, 2.75) is 55.9 Å². The summed E-state index contributed by atoms with van der Waals surface area (Å²) in [5.41, 5.74) is 0. The normalized spacial score (nSPS) is 12.0. The lowest BCUT2D eigenvalue weighted by molar-refractivity contribution is -0.140. The van der Waals surface area contributed by atoms with E-state index in [1.807, 2.05) is 0 Å². The fourth-order valence-electron chi connectivity index (χ4n) is 1.60. The first-order valence-corrected chi connectivity index (χ1v) is 9.56. The fourth-order valence-corrected chi connectivity index (χ4v) is 2.19. The van der Waals surface area contributed by atoms with E-state index in [1.165, 1.54) is 7.11 Å². The van der Waals surface area contributed by atoms with Crippen LogP contribution in [0, 0.1) is 35.5 Å². The van der Waals surface area contributed by atoms with Crippen LogP contribution in [-0.4, -0.2) is 29.1 Å². The number of allylic oxidation sites excluding steroid dienone is 1. The molecule has 5 heteroatoms. The molecule has 0 saturated heterocycles. The first-order valence-electron chi connectivity index (χ1n) is 7.72. The van der Waals surface area contributed by atoms with Crippen LogP contribution >= 0.6 is 31.9 Å². The summed E-state index contributed by atoms with van der Waals surface area (Å²) in [5.74, 6) is 16.8. The fraction of sp³-hybridized carbons (Fsp3) is 0.526. The number of hydrogen-bond donors (Lipinski definition) is 1. The van der Waals surface area contributed by atoms with E-state index in [9.17, 15) is 9.90 Å². The average Bonchev–Trinajstić information content (AvgIpc) is 2.59. The number of halogens is 2. The van der Waals surface area contributed by atoms with Crippen LogP contribution in [0.2, 0.25) is 0 Å². The minimum atomic E-state index is -0.671. The van der Waals surface area contributed by atoms with Crippen LogP contribution < -0.4 is 0 Å². The van der Waals surface area contributed by atoms with E-state index in [-0.39, 0.29) is 10.8 Å². The maximum Gasteiger partial charge on any atom is 0.305 e. The van der Waals surface area contributed by atoms with Gasteiger partial charge in [-0.1, -0.05) is 62.0 Å². The first-order chi connectivity index (χ1) is 11.6. The Morgan fingerprint density at radius 1 is 1.21 bits per heavy atom. The molecule has 0 fully saturated rings. The van der Waals surface area contributed by atoms with Crippen molar-refractivity contribution in [2.75, 3.05) is 7.11 Å². The van der Waals surface area contributed by atoms with Gasteiger partial charge in [0.25, 0.3) is 0 Å². The van der Waals surface area contributed by atoms with E-state index in [4.69, 9.17) is 0 Å². The van der Waals surface area contributed by atoms with Gasteiger partial charge in [0.05, 0.1) is 11.9 Å². The second-order valence-corrected chi connectivity index (χ2v) is 6.53. The summed E-state index contributed by atoms with van der Waals surface area (Å²) in [7, 11) is 1.38. The summed E-state index contributed by atoms with van der Waals surface area (Å²) >= 11 is 6.57. The Morgan fingerprint density at radius 3 is 2.50 bits per heavy atom. The van der Waals surface area contributed by atoms with Crippen molar-refractivity contribution in [3.8, 4) is 35.5 Å². The Kier molecular flexibility index (Phi) is 15.8. The molecule has 2 atom stereocenters. The number of hydrogen-bond acceptors (Lipinski definition) is 3. The summed E-state index contributed by atoms with van der Waals surface area (Å²) in [6, 6.07) is 0. The van der Waals surface area contributed by atoms with Crippen LogP contribution in [0.1, 0.15) is 44.9 Å². The van der Waals surface area contributed by atoms with Crippen molar-refractivity contribution in [3.05, 3.63) is 11.1 Å². The molecular formula is C19H22Br2O3. The molecule has 130 valence electrons. The highest BCUT2D eigenvalue weighted by molar-refractivity contribution is 9.11. The van der Waals surface area contributed by atoms with Gasteiger partial charge >= 0.3 is 5.97 Å². The Hall–Kier alpha value is -1.19. The van der Waals surface area contributed by atoms with Crippen LogP contribution in [0.5, 0.6) is 0 Å². The lowest BCUT2D eigenvalue weighted by Gasteiger charge is -2.10. The summed E-state index contributed by atoms with van der Waals surface area (Å²) < 4.78 is 4.54. The molecule has 0 aromatic heterocycles. The maximum atomic E-state index is 10.9.